The van der Waals surface area contributed by atoms with Crippen molar-refractivity contribution < 1.29 is 9.13 Å². The fourth-order valence-electron chi connectivity index (χ4n) is 1.90. The van der Waals surface area contributed by atoms with E-state index in [0.717, 1.165) is 22.4 Å². The fraction of sp³-hybridized carbons (Fsp3) is 0.0769. The highest BCUT2D eigenvalue weighted by Gasteiger charge is 2.16. The number of halogens is 1. The Bertz CT molecular complexity index is 520. The SMILES string of the molecule is Fc1ccc2c(c1)-c1ccccc1OC2. The fourth-order valence-corrected chi connectivity index (χ4v) is 1.90. The number of benzene rings is 2. The molecule has 0 radical (unpaired) electrons. The first-order valence-corrected chi connectivity index (χ1v) is 4.85. The smallest absolute Gasteiger partial charge is 0.127 e. The number of fused-ring (bicyclic) bond motifs is 3. The highest BCUT2D eigenvalue weighted by Crippen LogP contribution is 2.37. The lowest BCUT2D eigenvalue weighted by molar-refractivity contribution is 0.302. The lowest BCUT2D eigenvalue weighted by atomic mass is 9.97. The normalized spacial score (nSPS) is 12.6. The van der Waals surface area contributed by atoms with Crippen LogP contribution in [0.2, 0.25) is 0 Å². The van der Waals surface area contributed by atoms with E-state index in [4.69, 9.17) is 4.74 Å². The van der Waals surface area contributed by atoms with Crippen LogP contribution in [0, 0.1) is 5.82 Å². The molecule has 0 saturated carbocycles. The third-order valence-electron chi connectivity index (χ3n) is 2.63. The van der Waals surface area contributed by atoms with Gasteiger partial charge >= 0.3 is 0 Å². The molecule has 2 aromatic carbocycles. The zero-order valence-corrected chi connectivity index (χ0v) is 8.03. The molecule has 0 aliphatic carbocycles. The number of rotatable bonds is 0. The van der Waals surface area contributed by atoms with Crippen molar-refractivity contribution in [1.82, 2.24) is 0 Å². The standard InChI is InChI=1S/C13H9FO/c14-10-6-5-9-8-15-13-4-2-1-3-11(13)12(9)7-10/h1-7H,8H2. The van der Waals surface area contributed by atoms with Gasteiger partial charge in [0.2, 0.25) is 0 Å². The summed E-state index contributed by atoms with van der Waals surface area (Å²) in [4.78, 5) is 0. The van der Waals surface area contributed by atoms with Gasteiger partial charge in [-0.15, -0.1) is 0 Å². The number of hydrogen-bond donors (Lipinski definition) is 0. The van der Waals surface area contributed by atoms with Crippen LogP contribution in [0.1, 0.15) is 5.56 Å². The molecular formula is C13H9FO. The summed E-state index contributed by atoms with van der Waals surface area (Å²) >= 11 is 0. The third-order valence-corrected chi connectivity index (χ3v) is 2.63. The minimum absolute atomic E-state index is 0.203. The largest absolute Gasteiger partial charge is 0.488 e. The molecule has 0 N–H and O–H groups in total. The predicted molar refractivity (Wildman–Crippen MR) is 56.2 cm³/mol. The van der Waals surface area contributed by atoms with Crippen LogP contribution in [0.25, 0.3) is 11.1 Å². The third kappa shape index (κ3) is 1.30. The van der Waals surface area contributed by atoms with Crippen molar-refractivity contribution in [2.24, 2.45) is 0 Å². The molecule has 1 aliphatic rings. The van der Waals surface area contributed by atoms with E-state index < -0.39 is 0 Å². The molecule has 0 bridgehead atoms. The quantitative estimate of drug-likeness (QED) is 0.633. The van der Waals surface area contributed by atoms with Gasteiger partial charge in [-0.2, -0.15) is 0 Å². The molecule has 2 heteroatoms. The van der Waals surface area contributed by atoms with Gasteiger partial charge < -0.3 is 4.74 Å². The van der Waals surface area contributed by atoms with Crippen molar-refractivity contribution in [3.8, 4) is 16.9 Å². The van der Waals surface area contributed by atoms with Crippen LogP contribution in [0.3, 0.4) is 0 Å². The van der Waals surface area contributed by atoms with Gasteiger partial charge in [0, 0.05) is 5.56 Å². The summed E-state index contributed by atoms with van der Waals surface area (Å²) in [6, 6.07) is 12.5. The van der Waals surface area contributed by atoms with Crippen molar-refractivity contribution in [3.63, 3.8) is 0 Å². The first-order chi connectivity index (χ1) is 7.34. The molecule has 3 rings (SSSR count). The maximum atomic E-state index is 13.1. The van der Waals surface area contributed by atoms with E-state index in [1.165, 1.54) is 6.07 Å². The topological polar surface area (TPSA) is 9.23 Å². The molecule has 0 unspecified atom stereocenters. The molecule has 2 aromatic rings. The summed E-state index contributed by atoms with van der Waals surface area (Å²) in [5.41, 5.74) is 2.95. The summed E-state index contributed by atoms with van der Waals surface area (Å²) in [7, 11) is 0. The Labute approximate surface area is 87.1 Å². The first-order valence-electron chi connectivity index (χ1n) is 4.85. The monoisotopic (exact) mass is 200 g/mol. The zero-order valence-electron chi connectivity index (χ0n) is 8.03. The van der Waals surface area contributed by atoms with E-state index in [-0.39, 0.29) is 5.82 Å². The van der Waals surface area contributed by atoms with Crippen LogP contribution in [0.4, 0.5) is 4.39 Å². The molecule has 0 saturated heterocycles. The summed E-state index contributed by atoms with van der Waals surface area (Å²) in [6.07, 6.45) is 0. The highest BCUT2D eigenvalue weighted by molar-refractivity contribution is 5.74. The summed E-state index contributed by atoms with van der Waals surface area (Å²) in [5.74, 6) is 0.626. The van der Waals surface area contributed by atoms with Gasteiger partial charge in [0.05, 0.1) is 0 Å². The van der Waals surface area contributed by atoms with E-state index in [2.05, 4.69) is 0 Å². The maximum absolute atomic E-state index is 13.1. The van der Waals surface area contributed by atoms with Gasteiger partial charge in [-0.1, -0.05) is 24.3 Å². The number of para-hydroxylation sites is 1. The number of ether oxygens (including phenoxy) is 1. The molecule has 1 nitrogen and oxygen atoms in total. The Morgan fingerprint density at radius 1 is 1.00 bits per heavy atom. The van der Waals surface area contributed by atoms with Gasteiger partial charge in [0.1, 0.15) is 18.2 Å². The van der Waals surface area contributed by atoms with E-state index in [1.807, 2.05) is 24.3 Å². The van der Waals surface area contributed by atoms with Crippen LogP contribution in [0.5, 0.6) is 5.75 Å². The van der Waals surface area contributed by atoms with Crippen molar-refractivity contribution in [2.75, 3.05) is 0 Å². The average Bonchev–Trinajstić information content (AvgIpc) is 2.29. The molecular weight excluding hydrogens is 191 g/mol. The maximum Gasteiger partial charge on any atom is 0.127 e. The molecule has 1 heterocycles. The molecule has 1 aliphatic heterocycles. The molecule has 0 amide bonds. The van der Waals surface area contributed by atoms with E-state index in [0.29, 0.717) is 6.61 Å². The molecule has 0 spiro atoms. The van der Waals surface area contributed by atoms with Crippen molar-refractivity contribution in [3.05, 3.63) is 53.8 Å². The highest BCUT2D eigenvalue weighted by atomic mass is 19.1. The Morgan fingerprint density at radius 3 is 2.80 bits per heavy atom. The van der Waals surface area contributed by atoms with Crippen molar-refractivity contribution in [1.29, 1.82) is 0 Å². The first kappa shape index (κ1) is 8.48. The van der Waals surface area contributed by atoms with E-state index >= 15 is 0 Å². The van der Waals surface area contributed by atoms with Gasteiger partial charge in [-0.25, -0.2) is 4.39 Å². The summed E-state index contributed by atoms with van der Waals surface area (Å²) in [6.45, 7) is 0.520. The Hall–Kier alpha value is -1.83. The van der Waals surface area contributed by atoms with Crippen LogP contribution in [-0.4, -0.2) is 0 Å². The predicted octanol–water partition coefficient (Wildman–Crippen LogP) is 3.39. The summed E-state index contributed by atoms with van der Waals surface area (Å²) in [5, 5.41) is 0. The molecule has 15 heavy (non-hydrogen) atoms. The molecule has 0 fully saturated rings. The van der Waals surface area contributed by atoms with Crippen molar-refractivity contribution in [2.45, 2.75) is 6.61 Å². The average molecular weight is 200 g/mol. The number of hydrogen-bond acceptors (Lipinski definition) is 1. The van der Waals surface area contributed by atoms with Crippen LogP contribution in [0.15, 0.2) is 42.5 Å². The second-order valence-electron chi connectivity index (χ2n) is 3.59. The van der Waals surface area contributed by atoms with E-state index in [1.54, 1.807) is 12.1 Å². The van der Waals surface area contributed by atoms with Gasteiger partial charge in [0.25, 0.3) is 0 Å². The van der Waals surface area contributed by atoms with Crippen LogP contribution < -0.4 is 4.74 Å². The Balaban J connectivity index is 2.28. The molecule has 0 aromatic heterocycles. The lowest BCUT2D eigenvalue weighted by Crippen LogP contribution is -2.05. The van der Waals surface area contributed by atoms with Gasteiger partial charge in [-0.3, -0.25) is 0 Å². The lowest BCUT2D eigenvalue weighted by Gasteiger charge is -2.20. The van der Waals surface area contributed by atoms with Crippen LogP contribution >= 0.6 is 0 Å². The van der Waals surface area contributed by atoms with Gasteiger partial charge in [0.15, 0.2) is 0 Å². The Morgan fingerprint density at radius 2 is 1.87 bits per heavy atom. The summed E-state index contributed by atoms with van der Waals surface area (Å²) < 4.78 is 18.7. The van der Waals surface area contributed by atoms with E-state index in [9.17, 15) is 4.39 Å². The minimum Gasteiger partial charge on any atom is -0.488 e. The minimum atomic E-state index is -0.203. The Kier molecular flexibility index (Phi) is 1.75. The van der Waals surface area contributed by atoms with Gasteiger partial charge in [-0.05, 0) is 29.3 Å². The molecule has 0 atom stereocenters. The second kappa shape index (κ2) is 3.09. The second-order valence-corrected chi connectivity index (χ2v) is 3.59. The van der Waals surface area contributed by atoms with Crippen LogP contribution in [-0.2, 0) is 6.61 Å². The zero-order chi connectivity index (χ0) is 10.3. The molecule has 74 valence electrons. The van der Waals surface area contributed by atoms with Crippen molar-refractivity contribution >= 4 is 0 Å².